The maximum atomic E-state index is 12.7. The Bertz CT molecular complexity index is 657. The quantitative estimate of drug-likeness (QED) is 0.846. The Labute approximate surface area is 133 Å². The Morgan fingerprint density at radius 3 is 2.67 bits per heavy atom. The topological polar surface area (TPSA) is 33.2 Å². The van der Waals surface area contributed by atoms with Gasteiger partial charge < -0.3 is 4.90 Å². The van der Waals surface area contributed by atoms with Crippen molar-refractivity contribution in [2.75, 3.05) is 0 Å². The number of rotatable bonds is 4. The molecule has 0 unspecified atom stereocenters. The van der Waals surface area contributed by atoms with Crippen molar-refractivity contribution in [3.63, 3.8) is 0 Å². The van der Waals surface area contributed by atoms with Gasteiger partial charge in [-0.05, 0) is 42.7 Å². The van der Waals surface area contributed by atoms with Crippen molar-refractivity contribution >= 4 is 29.1 Å². The van der Waals surface area contributed by atoms with Gasteiger partial charge in [-0.3, -0.25) is 9.78 Å². The Morgan fingerprint density at radius 2 is 2.05 bits per heavy atom. The van der Waals surface area contributed by atoms with Crippen LogP contribution in [0.1, 0.15) is 28.8 Å². The SMILES string of the molecule is O=C(c1ccc(Cl)c(Cl)c1)N(Cc1cccnc1)C1CC1. The second kappa shape index (κ2) is 6.04. The van der Waals surface area contributed by atoms with Crippen LogP contribution in [0, 0.1) is 0 Å². The number of halogens is 2. The number of hydrogen-bond donors (Lipinski definition) is 0. The monoisotopic (exact) mass is 320 g/mol. The Hall–Kier alpha value is -1.58. The molecule has 1 aromatic carbocycles. The number of carbonyl (C=O) groups is 1. The van der Waals surface area contributed by atoms with Crippen molar-refractivity contribution < 1.29 is 4.79 Å². The van der Waals surface area contributed by atoms with Gasteiger partial charge in [0, 0.05) is 30.5 Å². The lowest BCUT2D eigenvalue weighted by Gasteiger charge is -2.22. The summed E-state index contributed by atoms with van der Waals surface area (Å²) in [6.45, 7) is 0.567. The highest BCUT2D eigenvalue weighted by molar-refractivity contribution is 6.42. The minimum atomic E-state index is -0.0140. The molecule has 1 fully saturated rings. The lowest BCUT2D eigenvalue weighted by Crippen LogP contribution is -2.32. The summed E-state index contributed by atoms with van der Waals surface area (Å²) in [5, 5.41) is 0.859. The molecule has 1 aliphatic carbocycles. The number of amides is 1. The summed E-state index contributed by atoms with van der Waals surface area (Å²) in [4.78, 5) is 18.7. The fourth-order valence-electron chi connectivity index (χ4n) is 2.24. The van der Waals surface area contributed by atoms with E-state index in [9.17, 15) is 4.79 Å². The number of hydrogen-bond acceptors (Lipinski definition) is 2. The molecular weight excluding hydrogens is 307 g/mol. The Balaban J connectivity index is 1.83. The zero-order valence-electron chi connectivity index (χ0n) is 11.3. The van der Waals surface area contributed by atoms with Crippen LogP contribution in [-0.4, -0.2) is 21.8 Å². The maximum Gasteiger partial charge on any atom is 0.254 e. The molecule has 0 atom stereocenters. The number of carbonyl (C=O) groups excluding carboxylic acids is 1. The molecule has 1 amide bonds. The van der Waals surface area contributed by atoms with E-state index in [0.29, 0.717) is 28.2 Å². The minimum absolute atomic E-state index is 0.0140. The van der Waals surface area contributed by atoms with E-state index in [4.69, 9.17) is 23.2 Å². The van der Waals surface area contributed by atoms with Crippen LogP contribution in [0.25, 0.3) is 0 Å². The van der Waals surface area contributed by atoms with Crippen molar-refractivity contribution in [3.8, 4) is 0 Å². The van der Waals surface area contributed by atoms with E-state index in [1.165, 1.54) is 0 Å². The fourth-order valence-corrected chi connectivity index (χ4v) is 2.53. The third kappa shape index (κ3) is 3.36. The van der Waals surface area contributed by atoms with Gasteiger partial charge in [0.05, 0.1) is 10.0 Å². The van der Waals surface area contributed by atoms with Crippen LogP contribution in [0.3, 0.4) is 0 Å². The van der Waals surface area contributed by atoms with Crippen molar-refractivity contribution in [1.82, 2.24) is 9.88 Å². The van der Waals surface area contributed by atoms with Crippen LogP contribution in [-0.2, 0) is 6.54 Å². The number of pyridine rings is 1. The van der Waals surface area contributed by atoms with Gasteiger partial charge in [0.1, 0.15) is 0 Å². The van der Waals surface area contributed by atoms with E-state index in [0.717, 1.165) is 18.4 Å². The summed E-state index contributed by atoms with van der Waals surface area (Å²) in [5.41, 5.74) is 1.60. The molecule has 1 aliphatic rings. The van der Waals surface area contributed by atoms with Gasteiger partial charge in [0.25, 0.3) is 5.91 Å². The molecule has 0 saturated heterocycles. The van der Waals surface area contributed by atoms with Crippen molar-refractivity contribution in [2.45, 2.75) is 25.4 Å². The summed E-state index contributed by atoms with van der Waals surface area (Å²) in [6.07, 6.45) is 5.61. The molecule has 0 spiro atoms. The minimum Gasteiger partial charge on any atom is -0.331 e. The zero-order valence-corrected chi connectivity index (χ0v) is 12.8. The summed E-state index contributed by atoms with van der Waals surface area (Å²) >= 11 is 11.9. The molecular formula is C16H14Cl2N2O. The number of nitrogens with zero attached hydrogens (tertiary/aromatic N) is 2. The average molecular weight is 321 g/mol. The Morgan fingerprint density at radius 1 is 1.24 bits per heavy atom. The maximum absolute atomic E-state index is 12.7. The smallest absolute Gasteiger partial charge is 0.254 e. The number of benzene rings is 1. The largest absolute Gasteiger partial charge is 0.331 e. The first kappa shape index (κ1) is 14.4. The molecule has 0 N–H and O–H groups in total. The van der Waals surface area contributed by atoms with Gasteiger partial charge in [-0.25, -0.2) is 0 Å². The van der Waals surface area contributed by atoms with Gasteiger partial charge >= 0.3 is 0 Å². The molecule has 3 rings (SSSR count). The van der Waals surface area contributed by atoms with Crippen molar-refractivity contribution in [1.29, 1.82) is 0 Å². The highest BCUT2D eigenvalue weighted by Gasteiger charge is 2.33. The lowest BCUT2D eigenvalue weighted by atomic mass is 10.1. The van der Waals surface area contributed by atoms with Gasteiger partial charge in [-0.15, -0.1) is 0 Å². The molecule has 2 aromatic rings. The van der Waals surface area contributed by atoms with E-state index in [2.05, 4.69) is 4.98 Å². The van der Waals surface area contributed by atoms with Crippen LogP contribution in [0.5, 0.6) is 0 Å². The van der Waals surface area contributed by atoms with Gasteiger partial charge in [0.15, 0.2) is 0 Å². The summed E-state index contributed by atoms with van der Waals surface area (Å²) in [5.74, 6) is -0.0140. The van der Waals surface area contributed by atoms with E-state index in [1.54, 1.807) is 30.6 Å². The summed E-state index contributed by atoms with van der Waals surface area (Å²) < 4.78 is 0. The first-order valence-corrected chi connectivity index (χ1v) is 7.55. The molecule has 1 saturated carbocycles. The van der Waals surface area contributed by atoms with Crippen molar-refractivity contribution in [3.05, 3.63) is 63.9 Å². The Kier molecular flexibility index (Phi) is 4.13. The third-order valence-corrected chi connectivity index (χ3v) is 4.23. The van der Waals surface area contributed by atoms with Crippen LogP contribution in [0.2, 0.25) is 10.0 Å². The van der Waals surface area contributed by atoms with E-state index in [-0.39, 0.29) is 5.91 Å². The van der Waals surface area contributed by atoms with E-state index in [1.807, 2.05) is 17.0 Å². The van der Waals surface area contributed by atoms with Gasteiger partial charge in [-0.1, -0.05) is 29.3 Å². The molecule has 108 valence electrons. The molecule has 0 aliphatic heterocycles. The average Bonchev–Trinajstić information content (AvgIpc) is 3.33. The highest BCUT2D eigenvalue weighted by Crippen LogP contribution is 2.31. The molecule has 21 heavy (non-hydrogen) atoms. The first-order valence-electron chi connectivity index (χ1n) is 6.80. The van der Waals surface area contributed by atoms with Crippen LogP contribution >= 0.6 is 23.2 Å². The van der Waals surface area contributed by atoms with Gasteiger partial charge in [0.2, 0.25) is 0 Å². The van der Waals surface area contributed by atoms with Crippen molar-refractivity contribution in [2.24, 2.45) is 0 Å². The molecule has 3 nitrogen and oxygen atoms in total. The fraction of sp³-hybridized carbons (Fsp3) is 0.250. The normalized spacial score (nSPS) is 14.0. The molecule has 5 heteroatoms. The van der Waals surface area contributed by atoms with E-state index >= 15 is 0 Å². The predicted octanol–water partition coefficient (Wildman–Crippen LogP) is 4.19. The van der Waals surface area contributed by atoms with Crippen LogP contribution in [0.4, 0.5) is 0 Å². The van der Waals surface area contributed by atoms with E-state index < -0.39 is 0 Å². The van der Waals surface area contributed by atoms with Crippen LogP contribution in [0.15, 0.2) is 42.7 Å². The second-order valence-corrected chi connectivity index (χ2v) is 5.97. The predicted molar refractivity (Wildman–Crippen MR) is 83.6 cm³/mol. The van der Waals surface area contributed by atoms with Gasteiger partial charge in [-0.2, -0.15) is 0 Å². The standard InChI is InChI=1S/C16H14Cl2N2O/c17-14-6-3-12(8-15(14)18)16(21)20(13-4-5-13)10-11-2-1-7-19-9-11/h1-3,6-9,13H,4-5,10H2. The molecule has 0 radical (unpaired) electrons. The summed E-state index contributed by atoms with van der Waals surface area (Å²) in [7, 11) is 0. The molecule has 1 aromatic heterocycles. The van der Waals surface area contributed by atoms with Crippen LogP contribution < -0.4 is 0 Å². The zero-order chi connectivity index (χ0) is 14.8. The third-order valence-electron chi connectivity index (χ3n) is 3.49. The second-order valence-electron chi connectivity index (χ2n) is 5.15. The molecule has 1 heterocycles. The molecule has 0 bridgehead atoms. The lowest BCUT2D eigenvalue weighted by molar-refractivity contribution is 0.0730. The highest BCUT2D eigenvalue weighted by atomic mass is 35.5. The number of aromatic nitrogens is 1. The first-order chi connectivity index (χ1) is 10.1. The summed E-state index contributed by atoms with van der Waals surface area (Å²) in [6, 6.07) is 9.17.